The summed E-state index contributed by atoms with van der Waals surface area (Å²) < 4.78 is 5.13. The summed E-state index contributed by atoms with van der Waals surface area (Å²) in [7, 11) is 0. The maximum absolute atomic E-state index is 10.8. The van der Waals surface area contributed by atoms with Crippen molar-refractivity contribution < 1.29 is 14.4 Å². The van der Waals surface area contributed by atoms with Gasteiger partial charge in [0.2, 0.25) is 5.89 Å². The number of hydrogen-bond donors (Lipinski definition) is 1. The molecule has 3 aromatic rings. The molecule has 0 unspecified atom stereocenters. The number of hydrogen-bond acceptors (Lipinski definition) is 6. The minimum Gasteiger partial charge on any atom is -0.479 e. The van der Waals surface area contributed by atoms with Crippen LogP contribution in [0.25, 0.3) is 12.2 Å². The number of oxazole rings is 1. The van der Waals surface area contributed by atoms with Gasteiger partial charge in [0, 0.05) is 23.2 Å². The molecule has 0 aliphatic rings. The Morgan fingerprint density at radius 1 is 1.19 bits per heavy atom. The van der Waals surface area contributed by atoms with Crippen molar-refractivity contribution >= 4 is 52.9 Å². The number of non-ortho nitro benzene ring substituents is 1. The van der Waals surface area contributed by atoms with Gasteiger partial charge in [0.05, 0.1) is 21.8 Å². The fraction of sp³-hybridized carbons (Fsp3) is 0. The standard InChI is InChI=1S/C18H11Cl2N3O4/c19-12-5-6-15(14(20)9-12)21-10-16-18(24)27-17(22-16)7-4-11-2-1-3-13(8-11)23(25)26/h1-10,24H. The normalized spacial score (nSPS) is 11.5. The van der Waals surface area contributed by atoms with Gasteiger partial charge in [0.25, 0.3) is 5.69 Å². The van der Waals surface area contributed by atoms with E-state index in [1.807, 2.05) is 0 Å². The quantitative estimate of drug-likeness (QED) is 0.343. The zero-order valence-corrected chi connectivity index (χ0v) is 15.1. The van der Waals surface area contributed by atoms with Crippen molar-refractivity contribution in [2.45, 2.75) is 0 Å². The van der Waals surface area contributed by atoms with E-state index >= 15 is 0 Å². The molecule has 0 aliphatic carbocycles. The molecule has 0 atom stereocenters. The van der Waals surface area contributed by atoms with Crippen LogP contribution in [0.2, 0.25) is 10.0 Å². The number of aromatic nitrogens is 1. The molecule has 3 rings (SSSR count). The summed E-state index contributed by atoms with van der Waals surface area (Å²) in [5.74, 6) is -0.301. The van der Waals surface area contributed by atoms with Gasteiger partial charge in [0.15, 0.2) is 5.69 Å². The van der Waals surface area contributed by atoms with E-state index < -0.39 is 10.9 Å². The first-order chi connectivity index (χ1) is 12.9. The molecule has 1 aromatic heterocycles. The van der Waals surface area contributed by atoms with Crippen LogP contribution in [0.4, 0.5) is 11.4 Å². The average molecular weight is 404 g/mol. The van der Waals surface area contributed by atoms with Gasteiger partial charge in [-0.15, -0.1) is 0 Å². The third-order valence-electron chi connectivity index (χ3n) is 3.39. The molecular formula is C18H11Cl2N3O4. The van der Waals surface area contributed by atoms with E-state index in [0.717, 1.165) is 0 Å². The maximum atomic E-state index is 10.8. The minimum absolute atomic E-state index is 0.0277. The molecule has 0 saturated carbocycles. The van der Waals surface area contributed by atoms with Crippen molar-refractivity contribution in [1.29, 1.82) is 0 Å². The Hall–Kier alpha value is -3.16. The summed E-state index contributed by atoms with van der Waals surface area (Å²) in [5, 5.41) is 21.5. The van der Waals surface area contributed by atoms with Crippen LogP contribution in [0.1, 0.15) is 17.1 Å². The smallest absolute Gasteiger partial charge is 0.312 e. The maximum Gasteiger partial charge on any atom is 0.312 e. The zero-order valence-electron chi connectivity index (χ0n) is 13.5. The van der Waals surface area contributed by atoms with Crippen LogP contribution in [0.3, 0.4) is 0 Å². The van der Waals surface area contributed by atoms with E-state index in [-0.39, 0.29) is 17.3 Å². The lowest BCUT2D eigenvalue weighted by Gasteiger charge is -1.97. The Bertz CT molecular complexity index is 1060. The number of nitrogens with zero attached hydrogens (tertiary/aromatic N) is 3. The Balaban J connectivity index is 1.79. The van der Waals surface area contributed by atoms with Crippen LogP contribution in [-0.2, 0) is 0 Å². The highest BCUT2D eigenvalue weighted by atomic mass is 35.5. The molecule has 0 radical (unpaired) electrons. The van der Waals surface area contributed by atoms with E-state index in [1.165, 1.54) is 24.4 Å². The lowest BCUT2D eigenvalue weighted by molar-refractivity contribution is -0.384. The topological polar surface area (TPSA) is 102 Å². The largest absolute Gasteiger partial charge is 0.479 e. The van der Waals surface area contributed by atoms with Gasteiger partial charge in [-0.05, 0) is 29.8 Å². The highest BCUT2D eigenvalue weighted by Gasteiger charge is 2.09. The van der Waals surface area contributed by atoms with E-state index in [4.69, 9.17) is 27.6 Å². The molecule has 27 heavy (non-hydrogen) atoms. The molecular weight excluding hydrogens is 393 g/mol. The van der Waals surface area contributed by atoms with Gasteiger partial charge in [-0.25, -0.2) is 4.98 Å². The molecule has 7 nitrogen and oxygen atoms in total. The molecule has 0 bridgehead atoms. The Morgan fingerprint density at radius 2 is 2.00 bits per heavy atom. The number of rotatable bonds is 5. The second-order valence-electron chi connectivity index (χ2n) is 5.28. The summed E-state index contributed by atoms with van der Waals surface area (Å²) in [4.78, 5) is 18.5. The van der Waals surface area contributed by atoms with Crippen LogP contribution in [0.15, 0.2) is 51.9 Å². The molecule has 0 fully saturated rings. The molecule has 0 saturated heterocycles. The SMILES string of the molecule is O=[N+]([O-])c1cccc(C=Cc2nc(C=Nc3ccc(Cl)cc3Cl)c(O)o2)c1. The van der Waals surface area contributed by atoms with E-state index in [2.05, 4.69) is 9.98 Å². The predicted molar refractivity (Wildman–Crippen MR) is 104 cm³/mol. The van der Waals surface area contributed by atoms with E-state index in [9.17, 15) is 15.2 Å². The van der Waals surface area contributed by atoms with Crippen molar-refractivity contribution in [2.24, 2.45) is 4.99 Å². The third-order valence-corrected chi connectivity index (χ3v) is 3.92. The molecule has 1 N–H and O–H groups in total. The lowest BCUT2D eigenvalue weighted by atomic mass is 10.2. The Kier molecular flexibility index (Phi) is 5.54. The fourth-order valence-corrected chi connectivity index (χ4v) is 2.58. The van der Waals surface area contributed by atoms with Gasteiger partial charge in [-0.3, -0.25) is 15.1 Å². The van der Waals surface area contributed by atoms with Crippen molar-refractivity contribution in [3.63, 3.8) is 0 Å². The molecule has 2 aromatic carbocycles. The molecule has 9 heteroatoms. The van der Waals surface area contributed by atoms with Crippen LogP contribution < -0.4 is 0 Å². The highest BCUT2D eigenvalue weighted by molar-refractivity contribution is 6.36. The van der Waals surface area contributed by atoms with Gasteiger partial charge in [-0.2, -0.15) is 0 Å². The van der Waals surface area contributed by atoms with Gasteiger partial charge in [0.1, 0.15) is 0 Å². The van der Waals surface area contributed by atoms with Crippen molar-refractivity contribution in [1.82, 2.24) is 4.98 Å². The fourth-order valence-electron chi connectivity index (χ4n) is 2.12. The van der Waals surface area contributed by atoms with Crippen LogP contribution in [0.5, 0.6) is 5.95 Å². The molecule has 0 aliphatic heterocycles. The van der Waals surface area contributed by atoms with Crippen LogP contribution >= 0.6 is 23.2 Å². The molecule has 0 amide bonds. The first-order valence-electron chi connectivity index (χ1n) is 7.54. The first kappa shape index (κ1) is 18.6. The van der Waals surface area contributed by atoms with Gasteiger partial charge in [-0.1, -0.05) is 35.3 Å². The van der Waals surface area contributed by atoms with Crippen LogP contribution in [-0.4, -0.2) is 21.2 Å². The highest BCUT2D eigenvalue weighted by Crippen LogP contribution is 2.28. The van der Waals surface area contributed by atoms with E-state index in [0.29, 0.717) is 21.3 Å². The van der Waals surface area contributed by atoms with Gasteiger partial charge >= 0.3 is 5.95 Å². The number of nitro groups is 1. The number of nitro benzene ring substituents is 1. The molecule has 136 valence electrons. The molecule has 1 heterocycles. The number of aliphatic imine (C=N–C) groups is 1. The number of aromatic hydroxyl groups is 1. The lowest BCUT2D eigenvalue weighted by Crippen LogP contribution is -1.87. The summed E-state index contributed by atoms with van der Waals surface area (Å²) in [5.41, 5.74) is 1.13. The molecule has 0 spiro atoms. The summed E-state index contributed by atoms with van der Waals surface area (Å²) in [6.07, 6.45) is 4.36. The third kappa shape index (κ3) is 4.72. The van der Waals surface area contributed by atoms with Crippen molar-refractivity contribution in [3.05, 3.63) is 79.8 Å². The van der Waals surface area contributed by atoms with Gasteiger partial charge < -0.3 is 9.52 Å². The first-order valence-corrected chi connectivity index (χ1v) is 8.29. The number of halogens is 2. The Labute approximate surface area is 163 Å². The van der Waals surface area contributed by atoms with Crippen LogP contribution in [0, 0.1) is 10.1 Å². The van der Waals surface area contributed by atoms with Crippen molar-refractivity contribution in [2.75, 3.05) is 0 Å². The Morgan fingerprint density at radius 3 is 2.74 bits per heavy atom. The van der Waals surface area contributed by atoms with Crippen molar-refractivity contribution in [3.8, 4) is 5.95 Å². The second-order valence-corrected chi connectivity index (χ2v) is 6.13. The minimum atomic E-state index is -0.481. The van der Waals surface area contributed by atoms with E-state index in [1.54, 1.807) is 36.4 Å². The predicted octanol–water partition coefficient (Wildman–Crippen LogP) is 5.52. The summed E-state index contributed by atoms with van der Waals surface area (Å²) in [6, 6.07) is 10.9. The summed E-state index contributed by atoms with van der Waals surface area (Å²) >= 11 is 11.9. The monoisotopic (exact) mass is 403 g/mol. The summed E-state index contributed by atoms with van der Waals surface area (Å²) in [6.45, 7) is 0. The zero-order chi connectivity index (χ0) is 19.4. The second kappa shape index (κ2) is 8.03. The number of benzene rings is 2. The average Bonchev–Trinajstić information content (AvgIpc) is 2.99.